The number of rotatable bonds is 5. The summed E-state index contributed by atoms with van der Waals surface area (Å²) in [6.07, 6.45) is 1.47. The minimum absolute atomic E-state index is 0. The second-order valence-corrected chi connectivity index (χ2v) is 5.81. The highest BCUT2D eigenvalue weighted by Crippen LogP contribution is 2.18. The van der Waals surface area contributed by atoms with E-state index in [0.717, 1.165) is 12.0 Å². The molecular weight excluding hydrogens is 365 g/mol. The van der Waals surface area contributed by atoms with Crippen molar-refractivity contribution in [3.63, 3.8) is 0 Å². The van der Waals surface area contributed by atoms with Gasteiger partial charge in [0.15, 0.2) is 0 Å². The third kappa shape index (κ3) is 5.88. The molecule has 1 fully saturated rings. The highest BCUT2D eigenvalue weighted by atomic mass is 35.5. The number of nitrogens with zero attached hydrogens (tertiary/aromatic N) is 1. The third-order valence-electron chi connectivity index (χ3n) is 3.96. The van der Waals surface area contributed by atoms with E-state index in [4.69, 9.17) is 16.9 Å². The van der Waals surface area contributed by atoms with Crippen molar-refractivity contribution >= 4 is 42.5 Å². The van der Waals surface area contributed by atoms with Gasteiger partial charge >= 0.3 is 0 Å². The normalized spacial score (nSPS) is 17.0. The van der Waals surface area contributed by atoms with Crippen molar-refractivity contribution < 1.29 is 9.59 Å². The minimum atomic E-state index is -0.595. The number of hydrogen-bond donors (Lipinski definition) is 4. The van der Waals surface area contributed by atoms with Crippen molar-refractivity contribution in [1.82, 2.24) is 10.2 Å². The van der Waals surface area contributed by atoms with Crippen LogP contribution in [0.3, 0.4) is 0 Å². The van der Waals surface area contributed by atoms with Crippen molar-refractivity contribution in [3.05, 3.63) is 35.4 Å². The molecule has 1 aliphatic heterocycles. The van der Waals surface area contributed by atoms with Crippen LogP contribution < -0.4 is 16.8 Å². The number of hydrogen-bond acceptors (Lipinski definition) is 4. The summed E-state index contributed by atoms with van der Waals surface area (Å²) in [5.74, 6) is -0.336. The van der Waals surface area contributed by atoms with E-state index in [9.17, 15) is 9.59 Å². The fourth-order valence-corrected chi connectivity index (χ4v) is 2.67. The molecule has 6 N–H and O–H groups in total. The Kier molecular flexibility index (Phi) is 9.48. The summed E-state index contributed by atoms with van der Waals surface area (Å²) < 4.78 is 0. The Bertz CT molecular complexity index is 607. The smallest absolute Gasteiger partial charge is 0.243 e. The Morgan fingerprint density at radius 2 is 1.92 bits per heavy atom. The zero-order chi connectivity index (χ0) is 17.0. The molecule has 1 aromatic rings. The van der Waals surface area contributed by atoms with E-state index in [1.165, 1.54) is 0 Å². The molecule has 0 unspecified atom stereocenters. The van der Waals surface area contributed by atoms with Crippen molar-refractivity contribution in [3.8, 4) is 0 Å². The Labute approximate surface area is 159 Å². The van der Waals surface area contributed by atoms with E-state index in [2.05, 4.69) is 5.32 Å². The van der Waals surface area contributed by atoms with E-state index in [1.54, 1.807) is 24.0 Å². The predicted molar refractivity (Wildman–Crippen MR) is 102 cm³/mol. The highest BCUT2D eigenvalue weighted by molar-refractivity contribution is 5.95. The average Bonchev–Trinajstić information content (AvgIpc) is 3.01. The van der Waals surface area contributed by atoms with Crippen molar-refractivity contribution in [2.75, 3.05) is 6.54 Å². The van der Waals surface area contributed by atoms with Crippen LogP contribution in [-0.4, -0.2) is 41.2 Å². The summed E-state index contributed by atoms with van der Waals surface area (Å²) in [7, 11) is 0. The predicted octanol–water partition coefficient (Wildman–Crippen LogP) is 0.769. The molecule has 25 heavy (non-hydrogen) atoms. The second-order valence-electron chi connectivity index (χ2n) is 5.81. The van der Waals surface area contributed by atoms with E-state index in [1.807, 2.05) is 12.1 Å². The van der Waals surface area contributed by atoms with Gasteiger partial charge in [0.25, 0.3) is 0 Å². The zero-order valence-corrected chi connectivity index (χ0v) is 15.7. The molecule has 9 heteroatoms. The van der Waals surface area contributed by atoms with Crippen LogP contribution in [0.15, 0.2) is 24.3 Å². The number of likely N-dealkylation sites (tertiary alicyclic amines) is 1. The number of amidine groups is 1. The van der Waals surface area contributed by atoms with E-state index >= 15 is 0 Å². The molecule has 0 spiro atoms. The summed E-state index contributed by atoms with van der Waals surface area (Å²) in [5, 5.41) is 10.2. The lowest BCUT2D eigenvalue weighted by Crippen LogP contribution is -2.50. The average molecular weight is 390 g/mol. The second kappa shape index (κ2) is 10.2. The SMILES string of the molecule is C[C@@H](N)C(=O)N1CCC[C@H]1C(=O)NCc1ccc(C(=N)N)cc1.Cl.Cl. The summed E-state index contributed by atoms with van der Waals surface area (Å²) in [6.45, 7) is 2.58. The Balaban J connectivity index is 0.00000288. The molecule has 1 aliphatic rings. The van der Waals surface area contributed by atoms with E-state index in [0.29, 0.717) is 25.1 Å². The number of halogens is 2. The molecular formula is C16H25Cl2N5O2. The van der Waals surface area contributed by atoms with E-state index in [-0.39, 0.29) is 42.5 Å². The molecule has 2 rings (SSSR count). The largest absolute Gasteiger partial charge is 0.384 e. The van der Waals surface area contributed by atoms with Gasteiger partial charge in [0.05, 0.1) is 6.04 Å². The van der Waals surface area contributed by atoms with Gasteiger partial charge < -0.3 is 21.7 Å². The van der Waals surface area contributed by atoms with Crippen LogP contribution in [0.5, 0.6) is 0 Å². The molecule has 2 amide bonds. The minimum Gasteiger partial charge on any atom is -0.384 e. The van der Waals surface area contributed by atoms with Gasteiger partial charge in [-0.15, -0.1) is 24.8 Å². The topological polar surface area (TPSA) is 125 Å². The maximum Gasteiger partial charge on any atom is 0.243 e. The lowest BCUT2D eigenvalue weighted by atomic mass is 10.1. The quantitative estimate of drug-likeness (QED) is 0.438. The van der Waals surface area contributed by atoms with Crippen molar-refractivity contribution in [1.29, 1.82) is 5.41 Å². The molecule has 140 valence electrons. The van der Waals surface area contributed by atoms with Crippen LogP contribution in [0, 0.1) is 5.41 Å². The monoisotopic (exact) mass is 389 g/mol. The standard InChI is InChI=1S/C16H23N5O2.2ClH/c1-10(17)16(23)21-8-2-3-13(21)15(22)20-9-11-4-6-12(7-5-11)14(18)19;;/h4-7,10,13H,2-3,8-9,17H2,1H3,(H3,18,19)(H,20,22);2*1H/t10-,13+;;/m1../s1. The van der Waals surface area contributed by atoms with Crippen LogP contribution >= 0.6 is 24.8 Å². The highest BCUT2D eigenvalue weighted by Gasteiger charge is 2.34. The molecule has 0 bridgehead atoms. The summed E-state index contributed by atoms with van der Waals surface area (Å²) in [5.41, 5.74) is 12.6. The Morgan fingerprint density at radius 3 is 2.44 bits per heavy atom. The van der Waals surface area contributed by atoms with Gasteiger partial charge in [-0.05, 0) is 25.3 Å². The first-order valence-electron chi connectivity index (χ1n) is 7.67. The Morgan fingerprint density at radius 1 is 1.32 bits per heavy atom. The first kappa shape index (κ1) is 23.2. The Hall–Kier alpha value is -1.83. The number of nitrogen functional groups attached to an aromatic ring is 1. The van der Waals surface area contributed by atoms with Crippen LogP contribution in [0.25, 0.3) is 0 Å². The number of nitrogens with two attached hydrogens (primary N) is 2. The maximum absolute atomic E-state index is 12.3. The lowest BCUT2D eigenvalue weighted by molar-refractivity contribution is -0.139. The van der Waals surface area contributed by atoms with Crippen LogP contribution in [0.2, 0.25) is 0 Å². The van der Waals surface area contributed by atoms with Crippen LogP contribution in [-0.2, 0) is 16.1 Å². The van der Waals surface area contributed by atoms with Crippen LogP contribution in [0.4, 0.5) is 0 Å². The van der Waals surface area contributed by atoms with Gasteiger partial charge in [0, 0.05) is 18.7 Å². The molecule has 0 radical (unpaired) electrons. The van der Waals surface area contributed by atoms with Gasteiger partial charge in [0.2, 0.25) is 11.8 Å². The number of benzene rings is 1. The molecule has 7 nitrogen and oxygen atoms in total. The number of carbonyl (C=O) groups excluding carboxylic acids is 2. The molecule has 0 aromatic heterocycles. The summed E-state index contributed by atoms with van der Waals surface area (Å²) >= 11 is 0. The molecule has 1 saturated heterocycles. The summed E-state index contributed by atoms with van der Waals surface area (Å²) in [4.78, 5) is 25.9. The number of nitrogens with one attached hydrogen (secondary N) is 2. The first-order chi connectivity index (χ1) is 10.9. The fourth-order valence-electron chi connectivity index (χ4n) is 2.67. The number of carbonyl (C=O) groups is 2. The zero-order valence-electron chi connectivity index (χ0n) is 14.0. The molecule has 1 heterocycles. The van der Waals surface area contributed by atoms with E-state index < -0.39 is 12.1 Å². The molecule has 0 saturated carbocycles. The lowest BCUT2D eigenvalue weighted by Gasteiger charge is -2.25. The molecule has 1 aromatic carbocycles. The third-order valence-corrected chi connectivity index (χ3v) is 3.96. The van der Waals surface area contributed by atoms with Gasteiger partial charge in [0.1, 0.15) is 11.9 Å². The van der Waals surface area contributed by atoms with Crippen molar-refractivity contribution in [2.24, 2.45) is 11.5 Å². The summed E-state index contributed by atoms with van der Waals surface area (Å²) in [6, 6.07) is 6.08. The van der Waals surface area contributed by atoms with Gasteiger partial charge in [-0.25, -0.2) is 0 Å². The van der Waals surface area contributed by atoms with Crippen molar-refractivity contribution in [2.45, 2.75) is 38.4 Å². The first-order valence-corrected chi connectivity index (χ1v) is 7.67. The molecule has 0 aliphatic carbocycles. The maximum atomic E-state index is 12.3. The van der Waals surface area contributed by atoms with Crippen LogP contribution in [0.1, 0.15) is 30.9 Å². The fraction of sp³-hybridized carbons (Fsp3) is 0.438. The van der Waals surface area contributed by atoms with Gasteiger partial charge in [-0.3, -0.25) is 15.0 Å². The molecule has 2 atom stereocenters. The van der Waals surface area contributed by atoms with Gasteiger partial charge in [-0.1, -0.05) is 24.3 Å². The number of amides is 2. The van der Waals surface area contributed by atoms with Gasteiger partial charge in [-0.2, -0.15) is 0 Å².